The summed E-state index contributed by atoms with van der Waals surface area (Å²) in [5, 5.41) is 9.69. The van der Waals surface area contributed by atoms with Crippen LogP contribution in [-0.4, -0.2) is 56.6 Å². The van der Waals surface area contributed by atoms with Crippen molar-refractivity contribution < 1.29 is 22.7 Å². The maximum Gasteiger partial charge on any atom is 0.337 e. The lowest BCUT2D eigenvalue weighted by molar-refractivity contribution is 0.0698. The second-order valence-electron chi connectivity index (χ2n) is 8.41. The Balaban J connectivity index is 1.48. The molecule has 0 radical (unpaired) electrons. The Morgan fingerprint density at radius 3 is 2.25 bits per heavy atom. The van der Waals surface area contributed by atoms with E-state index in [1.54, 1.807) is 6.07 Å². The molecule has 2 aromatic carbocycles. The molecule has 4 rings (SSSR count). The van der Waals surface area contributed by atoms with Crippen LogP contribution in [0.2, 0.25) is 0 Å². The minimum atomic E-state index is -4.04. The van der Waals surface area contributed by atoms with Crippen LogP contribution in [0.4, 0.5) is 15.8 Å². The Labute approximate surface area is 187 Å². The van der Waals surface area contributed by atoms with E-state index in [4.69, 9.17) is 0 Å². The first-order valence-corrected chi connectivity index (χ1v) is 12.5. The van der Waals surface area contributed by atoms with Crippen molar-refractivity contribution in [3.63, 3.8) is 0 Å². The first-order valence-electron chi connectivity index (χ1n) is 11.0. The summed E-state index contributed by atoms with van der Waals surface area (Å²) >= 11 is 0. The largest absolute Gasteiger partial charge is 0.478 e. The zero-order chi connectivity index (χ0) is 22.7. The van der Waals surface area contributed by atoms with Crippen molar-refractivity contribution in [3.05, 3.63) is 53.8 Å². The highest BCUT2D eigenvalue weighted by molar-refractivity contribution is 7.92. The number of anilines is 2. The van der Waals surface area contributed by atoms with Gasteiger partial charge in [-0.25, -0.2) is 17.6 Å². The van der Waals surface area contributed by atoms with Crippen molar-refractivity contribution in [2.75, 3.05) is 35.8 Å². The monoisotopic (exact) mass is 461 g/mol. The van der Waals surface area contributed by atoms with E-state index in [2.05, 4.69) is 14.5 Å². The molecule has 1 aliphatic heterocycles. The molecule has 1 saturated heterocycles. The Kier molecular flexibility index (Phi) is 6.66. The number of benzene rings is 2. The molecule has 2 N–H and O–H groups in total. The summed E-state index contributed by atoms with van der Waals surface area (Å²) in [7, 11) is -4.04. The standard InChI is InChI=1S/C23H28FN3O4S/c24-17-6-9-20(10-7-17)32(30,31)25-22-11-8-19(16-21(22)23(28)29)27-14-12-26(13-15-27)18-4-2-1-3-5-18/h6-11,16,18,25H,1-5,12-15H2,(H,28,29). The SMILES string of the molecule is O=C(O)c1cc(N2CCN(C3CCCCC3)CC2)ccc1NS(=O)(=O)c1ccc(F)cc1. The lowest BCUT2D eigenvalue weighted by Gasteiger charge is -2.41. The van der Waals surface area contributed by atoms with Crippen LogP contribution < -0.4 is 9.62 Å². The van der Waals surface area contributed by atoms with Gasteiger partial charge in [0.05, 0.1) is 16.1 Å². The molecule has 1 aliphatic carbocycles. The van der Waals surface area contributed by atoms with Gasteiger partial charge in [-0.3, -0.25) is 9.62 Å². The van der Waals surface area contributed by atoms with Gasteiger partial charge < -0.3 is 10.0 Å². The van der Waals surface area contributed by atoms with Gasteiger partial charge in [-0.2, -0.15) is 0 Å². The van der Waals surface area contributed by atoms with Crippen LogP contribution in [0, 0.1) is 5.82 Å². The van der Waals surface area contributed by atoms with E-state index in [0.29, 0.717) is 6.04 Å². The molecule has 9 heteroatoms. The Bertz CT molecular complexity index is 1060. The number of nitrogens with one attached hydrogen (secondary N) is 1. The van der Waals surface area contributed by atoms with E-state index >= 15 is 0 Å². The van der Waals surface area contributed by atoms with Crippen molar-refractivity contribution in [2.24, 2.45) is 0 Å². The molecule has 0 amide bonds. The fraction of sp³-hybridized carbons (Fsp3) is 0.435. The van der Waals surface area contributed by atoms with Crippen LogP contribution in [0.5, 0.6) is 0 Å². The summed E-state index contributed by atoms with van der Waals surface area (Å²) < 4.78 is 40.7. The van der Waals surface area contributed by atoms with Crippen molar-refractivity contribution in [2.45, 2.75) is 43.0 Å². The number of nitrogens with zero attached hydrogens (tertiary/aromatic N) is 2. The molecular weight excluding hydrogens is 433 g/mol. The number of rotatable bonds is 6. The third kappa shape index (κ3) is 5.05. The average Bonchev–Trinajstić information content (AvgIpc) is 2.80. The summed E-state index contributed by atoms with van der Waals surface area (Å²) in [6.07, 6.45) is 6.42. The molecule has 172 valence electrons. The van der Waals surface area contributed by atoms with Crippen molar-refractivity contribution in [1.29, 1.82) is 0 Å². The summed E-state index contributed by atoms with van der Waals surface area (Å²) in [6.45, 7) is 3.48. The molecule has 2 fully saturated rings. The second kappa shape index (κ2) is 9.46. The maximum absolute atomic E-state index is 13.1. The number of halogens is 1. The molecule has 0 aromatic heterocycles. The number of aromatic carboxylic acids is 1. The van der Waals surface area contributed by atoms with E-state index in [0.717, 1.165) is 56.1 Å². The smallest absolute Gasteiger partial charge is 0.337 e. The molecule has 7 nitrogen and oxygen atoms in total. The lowest BCUT2D eigenvalue weighted by Crippen LogP contribution is -2.50. The molecule has 2 aromatic rings. The number of hydrogen-bond acceptors (Lipinski definition) is 5. The van der Waals surface area contributed by atoms with E-state index in [1.165, 1.54) is 44.2 Å². The average molecular weight is 462 g/mol. The van der Waals surface area contributed by atoms with E-state index < -0.39 is 21.8 Å². The summed E-state index contributed by atoms with van der Waals surface area (Å²) in [5.74, 6) is -1.77. The topological polar surface area (TPSA) is 89.9 Å². The van der Waals surface area contributed by atoms with E-state index in [-0.39, 0.29) is 16.1 Å². The van der Waals surface area contributed by atoms with Gasteiger partial charge in [-0.05, 0) is 55.3 Å². The van der Waals surface area contributed by atoms with Crippen LogP contribution in [0.15, 0.2) is 47.4 Å². The zero-order valence-corrected chi connectivity index (χ0v) is 18.7. The fourth-order valence-electron chi connectivity index (χ4n) is 4.60. The second-order valence-corrected chi connectivity index (χ2v) is 10.1. The molecule has 32 heavy (non-hydrogen) atoms. The van der Waals surface area contributed by atoms with Crippen LogP contribution in [0.25, 0.3) is 0 Å². The molecule has 2 aliphatic rings. The minimum absolute atomic E-state index is 0.0218. The number of carboxylic acid groups (broad SMARTS) is 1. The molecular formula is C23H28FN3O4S. The van der Waals surface area contributed by atoms with Gasteiger partial charge in [0.1, 0.15) is 5.82 Å². The molecule has 0 bridgehead atoms. The summed E-state index contributed by atoms with van der Waals surface area (Å²) in [6, 6.07) is 9.76. The Morgan fingerprint density at radius 2 is 1.62 bits per heavy atom. The Morgan fingerprint density at radius 1 is 0.969 bits per heavy atom. The van der Waals surface area contributed by atoms with Crippen molar-refractivity contribution >= 4 is 27.4 Å². The number of carboxylic acids is 1. The third-order valence-electron chi connectivity index (χ3n) is 6.37. The van der Waals surface area contributed by atoms with Crippen LogP contribution in [-0.2, 0) is 10.0 Å². The van der Waals surface area contributed by atoms with Gasteiger partial charge in [0.25, 0.3) is 10.0 Å². The summed E-state index contributed by atoms with van der Waals surface area (Å²) in [4.78, 5) is 16.4. The van der Waals surface area contributed by atoms with Crippen molar-refractivity contribution in [3.8, 4) is 0 Å². The zero-order valence-electron chi connectivity index (χ0n) is 17.8. The van der Waals surface area contributed by atoms with Crippen LogP contribution in [0.3, 0.4) is 0 Å². The molecule has 0 spiro atoms. The third-order valence-corrected chi connectivity index (χ3v) is 7.75. The van der Waals surface area contributed by atoms with E-state index in [1.807, 2.05) is 0 Å². The summed E-state index contributed by atoms with van der Waals surface area (Å²) in [5.41, 5.74) is 0.615. The first-order chi connectivity index (χ1) is 15.3. The minimum Gasteiger partial charge on any atom is -0.478 e. The number of piperazine rings is 1. The first kappa shape index (κ1) is 22.5. The van der Waals surface area contributed by atoms with Gasteiger partial charge in [0, 0.05) is 37.9 Å². The number of carbonyl (C=O) groups is 1. The van der Waals surface area contributed by atoms with Gasteiger partial charge >= 0.3 is 5.97 Å². The van der Waals surface area contributed by atoms with E-state index in [9.17, 15) is 22.7 Å². The fourth-order valence-corrected chi connectivity index (χ4v) is 5.68. The van der Waals surface area contributed by atoms with Crippen LogP contribution >= 0.6 is 0 Å². The molecule has 1 saturated carbocycles. The molecule has 0 atom stereocenters. The highest BCUT2D eigenvalue weighted by Crippen LogP contribution is 2.28. The van der Waals surface area contributed by atoms with Crippen LogP contribution in [0.1, 0.15) is 42.5 Å². The quantitative estimate of drug-likeness (QED) is 0.681. The van der Waals surface area contributed by atoms with Crippen molar-refractivity contribution in [1.82, 2.24) is 4.90 Å². The maximum atomic E-state index is 13.1. The molecule has 1 heterocycles. The Hall–Kier alpha value is -2.65. The number of hydrogen-bond donors (Lipinski definition) is 2. The predicted octanol–water partition coefficient (Wildman–Crippen LogP) is 3.78. The van der Waals surface area contributed by atoms with Gasteiger partial charge in [-0.15, -0.1) is 0 Å². The van der Waals surface area contributed by atoms with Gasteiger partial charge in [0.2, 0.25) is 0 Å². The highest BCUT2D eigenvalue weighted by Gasteiger charge is 2.26. The molecule has 0 unspecified atom stereocenters. The highest BCUT2D eigenvalue weighted by atomic mass is 32.2. The predicted molar refractivity (Wildman–Crippen MR) is 121 cm³/mol. The normalized spacial score (nSPS) is 18.5. The lowest BCUT2D eigenvalue weighted by atomic mass is 9.94. The van der Waals surface area contributed by atoms with Gasteiger partial charge in [-0.1, -0.05) is 19.3 Å². The van der Waals surface area contributed by atoms with Gasteiger partial charge in [0.15, 0.2) is 0 Å². The number of sulfonamides is 1.